The van der Waals surface area contributed by atoms with Gasteiger partial charge in [0.05, 0.1) is 7.11 Å². The average molecular weight is 163 g/mol. The maximum absolute atomic E-state index is 5.40. The van der Waals surface area contributed by atoms with Crippen molar-refractivity contribution in [2.24, 2.45) is 0 Å². The molecule has 0 unspecified atom stereocenters. The highest BCUT2D eigenvalue weighted by Gasteiger charge is 2.06. The second-order valence-electron chi connectivity index (χ2n) is 2.60. The van der Waals surface area contributed by atoms with E-state index in [1.165, 1.54) is 0 Å². The Labute approximate surface area is 70.0 Å². The molecule has 0 fully saturated rings. The molecular weight excluding hydrogens is 154 g/mol. The molecule has 2 aromatic rings. The van der Waals surface area contributed by atoms with Crippen molar-refractivity contribution in [3.8, 4) is 5.88 Å². The van der Waals surface area contributed by atoms with Gasteiger partial charge in [0, 0.05) is 11.6 Å². The zero-order valence-corrected chi connectivity index (χ0v) is 7.00. The number of fused-ring (bicyclic) bond motifs is 1. The predicted molar refractivity (Wildman–Crippen MR) is 45.3 cm³/mol. The number of hydrogen-bond donors (Lipinski definition) is 0. The van der Waals surface area contributed by atoms with Gasteiger partial charge in [-0.2, -0.15) is 0 Å². The molecule has 0 N–H and O–H groups in total. The minimum atomic E-state index is 0.542. The van der Waals surface area contributed by atoms with E-state index in [9.17, 15) is 0 Å². The van der Waals surface area contributed by atoms with E-state index >= 15 is 0 Å². The largest absolute Gasteiger partial charge is 0.478 e. The standard InChI is InChI=1S/C9H9NO2/c1-6-5-7-3-4-10-9(11-2)8(7)12-6/h3-5H,1-2H3. The number of aryl methyl sites for hydroxylation is 1. The summed E-state index contributed by atoms with van der Waals surface area (Å²) in [6.45, 7) is 1.90. The average Bonchev–Trinajstić information content (AvgIpc) is 2.44. The van der Waals surface area contributed by atoms with Crippen molar-refractivity contribution in [3.63, 3.8) is 0 Å². The van der Waals surface area contributed by atoms with Crippen molar-refractivity contribution in [1.29, 1.82) is 0 Å². The Hall–Kier alpha value is -1.51. The van der Waals surface area contributed by atoms with E-state index in [0.29, 0.717) is 5.88 Å². The van der Waals surface area contributed by atoms with Crippen LogP contribution in [0.1, 0.15) is 5.76 Å². The van der Waals surface area contributed by atoms with Crippen LogP contribution in [0.4, 0.5) is 0 Å². The highest BCUT2D eigenvalue weighted by atomic mass is 16.5. The van der Waals surface area contributed by atoms with E-state index in [4.69, 9.17) is 9.15 Å². The summed E-state index contributed by atoms with van der Waals surface area (Å²) in [5, 5.41) is 1.03. The predicted octanol–water partition coefficient (Wildman–Crippen LogP) is 2.14. The van der Waals surface area contributed by atoms with Gasteiger partial charge in [-0.25, -0.2) is 4.98 Å². The van der Waals surface area contributed by atoms with Crippen LogP contribution in [0.5, 0.6) is 5.88 Å². The van der Waals surface area contributed by atoms with Gasteiger partial charge in [0.25, 0.3) is 5.88 Å². The zero-order valence-electron chi connectivity index (χ0n) is 7.00. The van der Waals surface area contributed by atoms with Gasteiger partial charge in [-0.15, -0.1) is 0 Å². The normalized spacial score (nSPS) is 10.5. The topological polar surface area (TPSA) is 35.3 Å². The van der Waals surface area contributed by atoms with Crippen molar-refractivity contribution in [1.82, 2.24) is 4.98 Å². The summed E-state index contributed by atoms with van der Waals surface area (Å²) < 4.78 is 10.4. The van der Waals surface area contributed by atoms with Crippen molar-refractivity contribution >= 4 is 11.0 Å². The van der Waals surface area contributed by atoms with Gasteiger partial charge in [0.15, 0.2) is 5.58 Å². The maximum atomic E-state index is 5.40. The Balaban J connectivity index is 2.78. The molecule has 0 aliphatic heterocycles. The molecule has 0 spiro atoms. The molecule has 0 aliphatic rings. The van der Waals surface area contributed by atoms with Crippen LogP contribution in [-0.2, 0) is 0 Å². The molecule has 2 aromatic heterocycles. The van der Waals surface area contributed by atoms with Crippen molar-refractivity contribution in [2.75, 3.05) is 7.11 Å². The van der Waals surface area contributed by atoms with Gasteiger partial charge in [0.1, 0.15) is 5.76 Å². The second kappa shape index (κ2) is 2.52. The molecule has 0 bridgehead atoms. The third kappa shape index (κ3) is 0.942. The van der Waals surface area contributed by atoms with E-state index in [1.54, 1.807) is 13.3 Å². The van der Waals surface area contributed by atoms with Gasteiger partial charge in [-0.1, -0.05) is 0 Å². The lowest BCUT2D eigenvalue weighted by Gasteiger charge is -1.96. The molecule has 0 aromatic carbocycles. The van der Waals surface area contributed by atoms with Crippen LogP contribution in [0.15, 0.2) is 22.7 Å². The minimum Gasteiger partial charge on any atom is -0.478 e. The van der Waals surface area contributed by atoms with Gasteiger partial charge in [-0.05, 0) is 19.1 Å². The van der Waals surface area contributed by atoms with E-state index in [2.05, 4.69) is 4.98 Å². The Morgan fingerprint density at radius 2 is 2.33 bits per heavy atom. The van der Waals surface area contributed by atoms with Crippen LogP contribution >= 0.6 is 0 Å². The van der Waals surface area contributed by atoms with E-state index in [1.807, 2.05) is 19.1 Å². The summed E-state index contributed by atoms with van der Waals surface area (Å²) >= 11 is 0. The molecule has 0 amide bonds. The Kier molecular flexibility index (Phi) is 1.50. The lowest BCUT2D eigenvalue weighted by atomic mass is 10.3. The molecule has 0 atom stereocenters. The van der Waals surface area contributed by atoms with Gasteiger partial charge < -0.3 is 9.15 Å². The van der Waals surface area contributed by atoms with Crippen LogP contribution in [0.2, 0.25) is 0 Å². The third-order valence-electron chi connectivity index (χ3n) is 1.72. The molecule has 12 heavy (non-hydrogen) atoms. The lowest BCUT2D eigenvalue weighted by molar-refractivity contribution is 0.392. The molecule has 0 saturated heterocycles. The van der Waals surface area contributed by atoms with Crippen LogP contribution in [0, 0.1) is 6.92 Å². The van der Waals surface area contributed by atoms with Crippen LogP contribution in [0.25, 0.3) is 11.0 Å². The SMILES string of the molecule is COc1nccc2cc(C)oc12. The number of nitrogens with zero attached hydrogens (tertiary/aromatic N) is 1. The Bertz CT molecular complexity index is 406. The first kappa shape index (κ1) is 7.16. The lowest BCUT2D eigenvalue weighted by Crippen LogP contribution is -1.85. The summed E-state index contributed by atoms with van der Waals surface area (Å²) in [6, 6.07) is 3.86. The van der Waals surface area contributed by atoms with Crippen molar-refractivity contribution in [3.05, 3.63) is 24.1 Å². The monoisotopic (exact) mass is 163 g/mol. The molecule has 2 heterocycles. The molecule has 2 rings (SSSR count). The first-order chi connectivity index (χ1) is 5.81. The van der Waals surface area contributed by atoms with Gasteiger partial charge in [-0.3, -0.25) is 0 Å². The highest BCUT2D eigenvalue weighted by molar-refractivity contribution is 5.81. The van der Waals surface area contributed by atoms with E-state index in [0.717, 1.165) is 16.7 Å². The van der Waals surface area contributed by atoms with Crippen molar-refractivity contribution in [2.45, 2.75) is 6.92 Å². The smallest absolute Gasteiger partial charge is 0.258 e. The number of aromatic nitrogens is 1. The fourth-order valence-corrected chi connectivity index (χ4v) is 1.21. The third-order valence-corrected chi connectivity index (χ3v) is 1.72. The summed E-state index contributed by atoms with van der Waals surface area (Å²) in [5.74, 6) is 1.41. The van der Waals surface area contributed by atoms with Gasteiger partial charge in [0.2, 0.25) is 0 Å². The molecule has 0 radical (unpaired) electrons. The molecule has 0 aliphatic carbocycles. The molecule has 0 saturated carbocycles. The maximum Gasteiger partial charge on any atom is 0.258 e. The molecular formula is C9H9NO2. The fraction of sp³-hybridized carbons (Fsp3) is 0.222. The molecule has 3 heteroatoms. The summed E-state index contributed by atoms with van der Waals surface area (Å²) in [6.07, 6.45) is 1.70. The first-order valence-electron chi connectivity index (χ1n) is 3.70. The van der Waals surface area contributed by atoms with Crippen LogP contribution in [0.3, 0.4) is 0 Å². The number of ether oxygens (including phenoxy) is 1. The second-order valence-corrected chi connectivity index (χ2v) is 2.60. The van der Waals surface area contributed by atoms with Crippen LogP contribution < -0.4 is 4.74 Å². The summed E-state index contributed by atoms with van der Waals surface area (Å²) in [7, 11) is 1.58. The number of hydrogen-bond acceptors (Lipinski definition) is 3. The van der Waals surface area contributed by atoms with E-state index < -0.39 is 0 Å². The van der Waals surface area contributed by atoms with Gasteiger partial charge >= 0.3 is 0 Å². The quantitative estimate of drug-likeness (QED) is 0.646. The Morgan fingerprint density at radius 3 is 3.08 bits per heavy atom. The summed E-state index contributed by atoms with van der Waals surface area (Å²) in [4.78, 5) is 4.02. The van der Waals surface area contributed by atoms with Crippen molar-refractivity contribution < 1.29 is 9.15 Å². The van der Waals surface area contributed by atoms with Crippen LogP contribution in [-0.4, -0.2) is 12.1 Å². The Morgan fingerprint density at radius 1 is 1.50 bits per heavy atom. The molecule has 62 valence electrons. The highest BCUT2D eigenvalue weighted by Crippen LogP contribution is 2.25. The number of pyridine rings is 1. The number of furan rings is 1. The molecule has 3 nitrogen and oxygen atoms in total. The first-order valence-corrected chi connectivity index (χ1v) is 3.70. The minimum absolute atomic E-state index is 0.542. The fourth-order valence-electron chi connectivity index (χ4n) is 1.21. The summed E-state index contributed by atoms with van der Waals surface area (Å²) in [5.41, 5.74) is 0.720. The zero-order chi connectivity index (χ0) is 8.55. The number of methoxy groups -OCH3 is 1. The van der Waals surface area contributed by atoms with E-state index in [-0.39, 0.29) is 0 Å². The number of rotatable bonds is 1.